The minimum Gasteiger partial charge on any atom is -0.457 e. The van der Waals surface area contributed by atoms with Gasteiger partial charge in [-0.2, -0.15) is 0 Å². The maximum absolute atomic E-state index is 9.99. The Morgan fingerprint density at radius 3 is 1.26 bits per heavy atom. The van der Waals surface area contributed by atoms with E-state index >= 15 is 0 Å². The molecule has 4 unspecified atom stereocenters. The highest BCUT2D eigenvalue weighted by Crippen LogP contribution is 2.46. The van der Waals surface area contributed by atoms with Gasteiger partial charge in [0.25, 0.3) is 0 Å². The second-order valence-electron chi connectivity index (χ2n) is 8.50. The Labute approximate surface area is 159 Å². The average Bonchev–Trinajstić information content (AvgIpc) is 3.46. The van der Waals surface area contributed by atoms with Crippen LogP contribution in [0.3, 0.4) is 0 Å². The van der Waals surface area contributed by atoms with E-state index in [9.17, 15) is 10.2 Å². The fourth-order valence-electron chi connectivity index (χ4n) is 3.39. The van der Waals surface area contributed by atoms with Crippen LogP contribution in [0.25, 0.3) is 0 Å². The number of rotatable bonds is 6. The number of ether oxygens (including phenoxy) is 3. The molecule has 0 aromatic heterocycles. The molecule has 4 atom stereocenters. The second kappa shape index (κ2) is 6.31. The second-order valence-corrected chi connectivity index (χ2v) is 8.50. The van der Waals surface area contributed by atoms with Gasteiger partial charge in [0.15, 0.2) is 0 Å². The van der Waals surface area contributed by atoms with Gasteiger partial charge in [0.05, 0.1) is 11.2 Å². The van der Waals surface area contributed by atoms with Crippen molar-refractivity contribution in [3.05, 3.63) is 59.7 Å². The third kappa shape index (κ3) is 4.01. The summed E-state index contributed by atoms with van der Waals surface area (Å²) in [6.07, 6.45) is -0.426. The van der Waals surface area contributed by atoms with E-state index in [2.05, 4.69) is 0 Å². The maximum Gasteiger partial charge on any atom is 0.127 e. The molecule has 0 amide bonds. The van der Waals surface area contributed by atoms with Gasteiger partial charge in [-0.25, -0.2) is 0 Å². The Morgan fingerprint density at radius 2 is 1.00 bits per heavy atom. The van der Waals surface area contributed by atoms with Crippen molar-refractivity contribution < 1.29 is 24.4 Å². The first-order valence-corrected chi connectivity index (χ1v) is 9.26. The molecule has 2 saturated heterocycles. The van der Waals surface area contributed by atoms with Gasteiger partial charge in [-0.1, -0.05) is 24.3 Å². The van der Waals surface area contributed by atoms with Gasteiger partial charge in [0.2, 0.25) is 0 Å². The topological polar surface area (TPSA) is 74.8 Å². The first-order chi connectivity index (χ1) is 12.6. The highest BCUT2D eigenvalue weighted by atomic mass is 16.6. The predicted octanol–water partition coefficient (Wildman–Crippen LogP) is 3.90. The van der Waals surface area contributed by atoms with Crippen LogP contribution in [0.2, 0.25) is 0 Å². The summed E-state index contributed by atoms with van der Waals surface area (Å²) in [6, 6.07) is 15.5. The van der Waals surface area contributed by atoms with Crippen LogP contribution in [0.1, 0.15) is 51.0 Å². The molecular weight excluding hydrogens is 344 g/mol. The molecule has 2 heterocycles. The SMILES string of the molecule is CC(C)(O)C1OC1c1ccc(Oc2ccc(C3OC3C(C)(C)O)cc2)cc1. The van der Waals surface area contributed by atoms with E-state index < -0.39 is 11.2 Å². The van der Waals surface area contributed by atoms with Gasteiger partial charge < -0.3 is 24.4 Å². The molecule has 5 nitrogen and oxygen atoms in total. The molecule has 2 N–H and O–H groups in total. The van der Waals surface area contributed by atoms with Crippen molar-refractivity contribution in [3.63, 3.8) is 0 Å². The van der Waals surface area contributed by atoms with E-state index in [1.807, 2.05) is 48.5 Å². The molecule has 2 aromatic rings. The normalized spacial score (nSPS) is 27.3. The molecular formula is C22H26O5. The Bertz CT molecular complexity index is 729. The third-order valence-corrected chi connectivity index (χ3v) is 5.03. The Morgan fingerprint density at radius 1 is 0.667 bits per heavy atom. The van der Waals surface area contributed by atoms with E-state index in [1.165, 1.54) is 0 Å². The van der Waals surface area contributed by atoms with Crippen LogP contribution < -0.4 is 4.74 Å². The van der Waals surface area contributed by atoms with E-state index in [0.29, 0.717) is 0 Å². The van der Waals surface area contributed by atoms with Gasteiger partial charge in [-0.3, -0.25) is 0 Å². The molecule has 0 saturated carbocycles. The lowest BCUT2D eigenvalue weighted by Crippen LogP contribution is -2.26. The van der Waals surface area contributed by atoms with Crippen LogP contribution in [0.4, 0.5) is 0 Å². The zero-order valence-corrected chi connectivity index (χ0v) is 16.0. The minimum absolute atomic E-state index is 0.0550. The summed E-state index contributed by atoms with van der Waals surface area (Å²) in [4.78, 5) is 0. The highest BCUT2D eigenvalue weighted by molar-refractivity contribution is 5.37. The third-order valence-electron chi connectivity index (χ3n) is 5.03. The summed E-state index contributed by atoms with van der Waals surface area (Å²) in [5.74, 6) is 1.48. The van der Waals surface area contributed by atoms with Gasteiger partial charge in [0, 0.05) is 0 Å². The first-order valence-electron chi connectivity index (χ1n) is 9.26. The lowest BCUT2D eigenvalue weighted by atomic mass is 9.99. The van der Waals surface area contributed by atoms with Gasteiger partial charge in [0.1, 0.15) is 35.9 Å². The van der Waals surface area contributed by atoms with Crippen molar-refractivity contribution in [3.8, 4) is 11.5 Å². The zero-order chi connectivity index (χ0) is 19.4. The van der Waals surface area contributed by atoms with Crippen molar-refractivity contribution in [2.24, 2.45) is 0 Å². The van der Waals surface area contributed by atoms with Crippen LogP contribution in [0.15, 0.2) is 48.5 Å². The van der Waals surface area contributed by atoms with Crippen molar-refractivity contribution in [1.82, 2.24) is 0 Å². The Balaban J connectivity index is 1.36. The van der Waals surface area contributed by atoms with Gasteiger partial charge in [-0.05, 0) is 63.1 Å². The smallest absolute Gasteiger partial charge is 0.127 e. The van der Waals surface area contributed by atoms with Crippen molar-refractivity contribution in [2.75, 3.05) is 0 Å². The van der Waals surface area contributed by atoms with Crippen molar-refractivity contribution in [1.29, 1.82) is 0 Å². The largest absolute Gasteiger partial charge is 0.457 e. The maximum atomic E-state index is 9.99. The molecule has 2 aliphatic rings. The lowest BCUT2D eigenvalue weighted by molar-refractivity contribution is 0.0479. The van der Waals surface area contributed by atoms with Crippen molar-refractivity contribution >= 4 is 0 Å². The molecule has 2 aromatic carbocycles. The molecule has 0 aliphatic carbocycles. The van der Waals surface area contributed by atoms with E-state index in [4.69, 9.17) is 14.2 Å². The highest BCUT2D eigenvalue weighted by Gasteiger charge is 2.50. The number of epoxide rings is 2. The average molecular weight is 370 g/mol. The van der Waals surface area contributed by atoms with Gasteiger partial charge >= 0.3 is 0 Å². The predicted molar refractivity (Wildman–Crippen MR) is 101 cm³/mol. The number of benzene rings is 2. The number of hydrogen-bond donors (Lipinski definition) is 2. The van der Waals surface area contributed by atoms with Crippen LogP contribution >= 0.6 is 0 Å². The summed E-state index contributed by atoms with van der Waals surface area (Å²) in [7, 11) is 0. The number of hydrogen-bond acceptors (Lipinski definition) is 5. The molecule has 4 rings (SSSR count). The van der Waals surface area contributed by atoms with Crippen LogP contribution in [0.5, 0.6) is 11.5 Å². The summed E-state index contributed by atoms with van der Waals surface area (Å²) in [5, 5.41) is 20.0. The van der Waals surface area contributed by atoms with Crippen LogP contribution in [-0.2, 0) is 9.47 Å². The Hall–Kier alpha value is -1.92. The number of aliphatic hydroxyl groups is 2. The molecule has 0 bridgehead atoms. The molecule has 2 aliphatic heterocycles. The quantitative estimate of drug-likeness (QED) is 0.755. The fraction of sp³-hybridized carbons (Fsp3) is 0.455. The summed E-state index contributed by atoms with van der Waals surface area (Å²) < 4.78 is 17.1. The summed E-state index contributed by atoms with van der Waals surface area (Å²) in [5.41, 5.74) is 0.399. The molecule has 144 valence electrons. The molecule has 0 radical (unpaired) electrons. The Kier molecular flexibility index (Phi) is 4.31. The van der Waals surface area contributed by atoms with Crippen molar-refractivity contribution in [2.45, 2.75) is 63.3 Å². The molecule has 0 spiro atoms. The molecule has 27 heavy (non-hydrogen) atoms. The van der Waals surface area contributed by atoms with E-state index in [-0.39, 0.29) is 24.4 Å². The monoisotopic (exact) mass is 370 g/mol. The lowest BCUT2D eigenvalue weighted by Gasteiger charge is -2.13. The fourth-order valence-corrected chi connectivity index (χ4v) is 3.39. The summed E-state index contributed by atoms with van der Waals surface area (Å²) >= 11 is 0. The molecule has 2 fully saturated rings. The first kappa shape index (κ1) is 18.4. The van der Waals surface area contributed by atoms with Crippen LogP contribution in [0, 0.1) is 0 Å². The molecule has 5 heteroatoms. The standard InChI is InChI=1S/C22H26O5/c1-21(2,23)19-17(26-19)13-5-9-15(10-6-13)25-16-11-7-14(8-12-16)18-20(27-18)22(3,4)24/h5-12,17-20,23-24H,1-4H3. The van der Waals surface area contributed by atoms with Gasteiger partial charge in [-0.15, -0.1) is 0 Å². The van der Waals surface area contributed by atoms with E-state index in [0.717, 1.165) is 22.6 Å². The minimum atomic E-state index is -0.836. The summed E-state index contributed by atoms with van der Waals surface area (Å²) in [6.45, 7) is 7.04. The zero-order valence-electron chi connectivity index (χ0n) is 16.0. The van der Waals surface area contributed by atoms with E-state index in [1.54, 1.807) is 27.7 Å². The van der Waals surface area contributed by atoms with Crippen LogP contribution in [-0.4, -0.2) is 33.6 Å².